The number of aryl methyl sites for hydroxylation is 1. The highest BCUT2D eigenvalue weighted by Gasteiger charge is 2.12. The summed E-state index contributed by atoms with van der Waals surface area (Å²) in [6.45, 7) is 3.29. The van der Waals surface area contributed by atoms with Crippen molar-refractivity contribution in [1.29, 1.82) is 0 Å². The van der Waals surface area contributed by atoms with Crippen LogP contribution in [0.25, 0.3) is 0 Å². The molecule has 0 bridgehead atoms. The van der Waals surface area contributed by atoms with Crippen LogP contribution in [-0.2, 0) is 18.8 Å². The van der Waals surface area contributed by atoms with Crippen molar-refractivity contribution in [2.45, 2.75) is 30.7 Å². The van der Waals surface area contributed by atoms with Crippen molar-refractivity contribution in [2.24, 2.45) is 0 Å². The van der Waals surface area contributed by atoms with Crippen LogP contribution in [0, 0.1) is 6.92 Å². The molecule has 0 atom stereocenters. The minimum absolute atomic E-state index is 0.0601. The molecule has 0 unspecified atom stereocenters. The van der Waals surface area contributed by atoms with E-state index in [0.29, 0.717) is 12.1 Å². The molecule has 0 aliphatic carbocycles. The summed E-state index contributed by atoms with van der Waals surface area (Å²) in [6, 6.07) is 16.0. The maximum Gasteiger partial charge on any atom is 0.252 e. The number of imidazole rings is 1. The van der Waals surface area contributed by atoms with Gasteiger partial charge in [-0.1, -0.05) is 36.4 Å². The van der Waals surface area contributed by atoms with Gasteiger partial charge in [-0.15, -0.1) is 23.1 Å². The number of carbonyl (C=O) groups excluding carboxylic acids is 1. The average Bonchev–Trinajstić information content (AvgIpc) is 3.43. The normalized spacial score (nSPS) is 10.8. The van der Waals surface area contributed by atoms with E-state index in [4.69, 9.17) is 0 Å². The van der Waals surface area contributed by atoms with Crippen molar-refractivity contribution in [3.05, 3.63) is 100 Å². The van der Waals surface area contributed by atoms with E-state index in [9.17, 15) is 4.79 Å². The summed E-state index contributed by atoms with van der Waals surface area (Å²) >= 11 is 3.29. The Labute approximate surface area is 184 Å². The molecule has 0 saturated heterocycles. The lowest BCUT2D eigenvalue weighted by Crippen LogP contribution is -2.23. The second-order valence-corrected chi connectivity index (χ2v) is 8.96. The van der Waals surface area contributed by atoms with Crippen LogP contribution in [0.1, 0.15) is 32.2 Å². The number of thioether (sulfide) groups is 1. The summed E-state index contributed by atoms with van der Waals surface area (Å²) in [5.74, 6) is 0.697. The maximum absolute atomic E-state index is 12.8. The van der Waals surface area contributed by atoms with E-state index in [0.717, 1.165) is 33.5 Å². The summed E-state index contributed by atoms with van der Waals surface area (Å²) < 4.78 is 2.03. The minimum Gasteiger partial charge on any atom is -0.348 e. The Morgan fingerprint density at radius 2 is 1.93 bits per heavy atom. The molecule has 152 valence electrons. The molecule has 0 aliphatic heterocycles. The van der Waals surface area contributed by atoms with Gasteiger partial charge in [0, 0.05) is 41.5 Å². The lowest BCUT2D eigenvalue weighted by molar-refractivity contribution is 0.0948. The van der Waals surface area contributed by atoms with Crippen LogP contribution in [0.2, 0.25) is 0 Å². The Kier molecular flexibility index (Phi) is 6.61. The lowest BCUT2D eigenvalue weighted by Gasteiger charge is -2.10. The molecule has 2 heterocycles. The molecule has 5 nitrogen and oxygen atoms in total. The fourth-order valence-corrected chi connectivity index (χ4v) is 4.70. The maximum atomic E-state index is 12.8. The van der Waals surface area contributed by atoms with Crippen LogP contribution in [-0.4, -0.2) is 20.4 Å². The molecule has 4 rings (SSSR count). The number of rotatable bonds is 8. The third kappa shape index (κ3) is 5.37. The molecule has 0 fully saturated rings. The lowest BCUT2D eigenvalue weighted by atomic mass is 10.1. The fourth-order valence-electron chi connectivity index (χ4n) is 3.04. The second-order valence-electron chi connectivity index (χ2n) is 6.88. The Hall–Kier alpha value is -2.90. The standard InChI is InChI=1S/C23H22N4OS2/c1-17-26-20(14-29-17)15-30-22-5-3-2-4-21(22)23(28)25-12-18-6-8-19(9-7-18)13-27-11-10-24-16-27/h2-11,14,16H,12-13,15H2,1H3,(H,25,28). The van der Waals surface area contributed by atoms with Gasteiger partial charge in [-0.2, -0.15) is 0 Å². The number of benzene rings is 2. The first-order valence-corrected chi connectivity index (χ1v) is 11.5. The zero-order valence-corrected chi connectivity index (χ0v) is 18.2. The van der Waals surface area contributed by atoms with Crippen LogP contribution < -0.4 is 5.32 Å². The van der Waals surface area contributed by atoms with E-state index < -0.39 is 0 Å². The second kappa shape index (κ2) is 9.73. The first kappa shape index (κ1) is 20.4. The van der Waals surface area contributed by atoms with Crippen molar-refractivity contribution in [2.75, 3.05) is 0 Å². The highest BCUT2D eigenvalue weighted by Crippen LogP contribution is 2.27. The average molecular weight is 435 g/mol. The Balaban J connectivity index is 1.34. The van der Waals surface area contributed by atoms with Gasteiger partial charge in [-0.25, -0.2) is 9.97 Å². The molecule has 4 aromatic rings. The largest absolute Gasteiger partial charge is 0.348 e. The van der Waals surface area contributed by atoms with Crippen LogP contribution in [0.5, 0.6) is 0 Å². The molecule has 2 aromatic heterocycles. The molecular formula is C23H22N4OS2. The van der Waals surface area contributed by atoms with E-state index in [1.165, 1.54) is 5.56 Å². The van der Waals surface area contributed by atoms with Crippen LogP contribution in [0.3, 0.4) is 0 Å². The fraction of sp³-hybridized carbons (Fsp3) is 0.174. The summed E-state index contributed by atoms with van der Waals surface area (Å²) in [6.07, 6.45) is 5.52. The predicted molar refractivity (Wildman–Crippen MR) is 122 cm³/mol. The molecule has 0 saturated carbocycles. The summed E-state index contributed by atoms with van der Waals surface area (Å²) in [7, 11) is 0. The quantitative estimate of drug-likeness (QED) is 0.400. The molecule has 1 amide bonds. The van der Waals surface area contributed by atoms with E-state index in [1.807, 2.05) is 42.0 Å². The molecule has 0 aliphatic rings. The first-order valence-electron chi connectivity index (χ1n) is 9.62. The van der Waals surface area contributed by atoms with E-state index in [1.54, 1.807) is 35.6 Å². The summed E-state index contributed by atoms with van der Waals surface area (Å²) in [5, 5.41) is 6.18. The molecule has 1 N–H and O–H groups in total. The van der Waals surface area contributed by atoms with Gasteiger partial charge in [0.05, 0.1) is 22.6 Å². The number of carbonyl (C=O) groups is 1. The Morgan fingerprint density at radius 3 is 2.67 bits per heavy atom. The minimum atomic E-state index is -0.0601. The molecule has 2 aromatic carbocycles. The van der Waals surface area contributed by atoms with Crippen LogP contribution >= 0.6 is 23.1 Å². The van der Waals surface area contributed by atoms with Crippen molar-refractivity contribution in [1.82, 2.24) is 19.9 Å². The van der Waals surface area contributed by atoms with Gasteiger partial charge in [-0.3, -0.25) is 4.79 Å². The van der Waals surface area contributed by atoms with Gasteiger partial charge >= 0.3 is 0 Å². The number of nitrogens with zero attached hydrogens (tertiary/aromatic N) is 3. The number of thiazole rings is 1. The molecule has 7 heteroatoms. The number of aromatic nitrogens is 3. The third-order valence-corrected chi connectivity index (χ3v) is 6.50. The van der Waals surface area contributed by atoms with Gasteiger partial charge in [-0.05, 0) is 30.2 Å². The zero-order valence-electron chi connectivity index (χ0n) is 16.6. The van der Waals surface area contributed by atoms with Gasteiger partial charge in [0.15, 0.2) is 0 Å². The summed E-state index contributed by atoms with van der Waals surface area (Å²) in [4.78, 5) is 22.3. The SMILES string of the molecule is Cc1nc(CSc2ccccc2C(=O)NCc2ccc(Cn3ccnc3)cc2)cs1. The number of hydrogen-bond donors (Lipinski definition) is 1. The predicted octanol–water partition coefficient (Wildman–Crippen LogP) is 4.92. The number of nitrogens with one attached hydrogen (secondary N) is 1. The highest BCUT2D eigenvalue weighted by molar-refractivity contribution is 7.98. The van der Waals surface area contributed by atoms with Crippen molar-refractivity contribution in [3.8, 4) is 0 Å². The smallest absolute Gasteiger partial charge is 0.252 e. The molecule has 0 spiro atoms. The monoisotopic (exact) mass is 434 g/mol. The third-order valence-electron chi connectivity index (χ3n) is 4.57. The number of hydrogen-bond acceptors (Lipinski definition) is 5. The van der Waals surface area contributed by atoms with Crippen LogP contribution in [0.4, 0.5) is 0 Å². The van der Waals surface area contributed by atoms with Crippen molar-refractivity contribution in [3.63, 3.8) is 0 Å². The Morgan fingerprint density at radius 1 is 1.13 bits per heavy atom. The summed E-state index contributed by atoms with van der Waals surface area (Å²) in [5.41, 5.74) is 4.02. The highest BCUT2D eigenvalue weighted by atomic mass is 32.2. The zero-order chi connectivity index (χ0) is 20.8. The van der Waals surface area contributed by atoms with Gasteiger partial charge < -0.3 is 9.88 Å². The molecule has 30 heavy (non-hydrogen) atoms. The topological polar surface area (TPSA) is 59.8 Å². The van der Waals surface area contributed by atoms with Crippen molar-refractivity contribution < 1.29 is 4.79 Å². The Bertz CT molecular complexity index is 1100. The first-order chi connectivity index (χ1) is 14.7. The molecule has 0 radical (unpaired) electrons. The van der Waals surface area contributed by atoms with Crippen molar-refractivity contribution >= 4 is 29.0 Å². The van der Waals surface area contributed by atoms with Gasteiger partial charge in [0.2, 0.25) is 0 Å². The van der Waals surface area contributed by atoms with E-state index >= 15 is 0 Å². The van der Waals surface area contributed by atoms with Crippen LogP contribution in [0.15, 0.2) is 77.5 Å². The van der Waals surface area contributed by atoms with E-state index in [2.05, 4.69) is 44.9 Å². The van der Waals surface area contributed by atoms with Gasteiger partial charge in [0.1, 0.15) is 0 Å². The molecular weight excluding hydrogens is 412 g/mol. The van der Waals surface area contributed by atoms with Gasteiger partial charge in [0.25, 0.3) is 5.91 Å². The van der Waals surface area contributed by atoms with E-state index in [-0.39, 0.29) is 5.91 Å². The number of amides is 1.